The molecule has 0 aliphatic rings. The Morgan fingerprint density at radius 1 is 1.12 bits per heavy atom. The van der Waals surface area contributed by atoms with Gasteiger partial charge in [-0.25, -0.2) is 4.79 Å². The van der Waals surface area contributed by atoms with E-state index in [0.717, 1.165) is 0 Å². The number of hydrogen-bond donors (Lipinski definition) is 3. The SMILES string of the molecule is CSCCC(NC(=O)OC(C)(C)C)C(=O)N(C(C)C)C(C(=O)NC(C)C)c1ccc(O)c(C)c1. The fourth-order valence-electron chi connectivity index (χ4n) is 3.45. The molecule has 0 aliphatic heterocycles. The van der Waals surface area contributed by atoms with Gasteiger partial charge in [0.15, 0.2) is 0 Å². The van der Waals surface area contributed by atoms with E-state index in [1.165, 1.54) is 11.0 Å². The number of rotatable bonds is 10. The Kier molecular flexibility index (Phi) is 11.2. The number of nitrogens with zero attached hydrogens (tertiary/aromatic N) is 1. The number of hydrogen-bond acceptors (Lipinski definition) is 6. The molecule has 3 N–H and O–H groups in total. The van der Waals surface area contributed by atoms with Crippen LogP contribution in [0.15, 0.2) is 18.2 Å². The molecular formula is C25H41N3O5S. The average Bonchev–Trinajstić information content (AvgIpc) is 2.68. The molecule has 0 fully saturated rings. The van der Waals surface area contributed by atoms with Gasteiger partial charge in [-0.1, -0.05) is 6.07 Å². The number of aromatic hydroxyl groups is 1. The second kappa shape index (κ2) is 12.9. The van der Waals surface area contributed by atoms with E-state index in [1.807, 2.05) is 34.0 Å². The van der Waals surface area contributed by atoms with Crippen molar-refractivity contribution in [2.45, 2.75) is 91.6 Å². The van der Waals surface area contributed by atoms with Gasteiger partial charge in [0, 0.05) is 12.1 Å². The molecule has 8 nitrogen and oxygen atoms in total. The summed E-state index contributed by atoms with van der Waals surface area (Å²) in [6, 6.07) is 2.59. The van der Waals surface area contributed by atoms with Gasteiger partial charge < -0.3 is 25.4 Å². The first-order valence-corrected chi connectivity index (χ1v) is 13.0. The van der Waals surface area contributed by atoms with Gasteiger partial charge >= 0.3 is 6.09 Å². The van der Waals surface area contributed by atoms with Gasteiger partial charge in [0.1, 0.15) is 23.4 Å². The molecule has 0 saturated heterocycles. The van der Waals surface area contributed by atoms with Crippen molar-refractivity contribution < 1.29 is 24.2 Å². The molecule has 1 aromatic rings. The van der Waals surface area contributed by atoms with Crippen LogP contribution in [-0.2, 0) is 14.3 Å². The average molecular weight is 496 g/mol. The molecule has 9 heteroatoms. The first kappa shape index (κ1) is 29.6. The molecule has 1 rings (SSSR count). The van der Waals surface area contributed by atoms with E-state index >= 15 is 0 Å². The number of aryl methyl sites for hydroxylation is 1. The van der Waals surface area contributed by atoms with Crippen LogP contribution in [0.3, 0.4) is 0 Å². The Morgan fingerprint density at radius 3 is 2.21 bits per heavy atom. The summed E-state index contributed by atoms with van der Waals surface area (Å²) in [5.41, 5.74) is 0.469. The zero-order valence-corrected chi connectivity index (χ0v) is 22.7. The van der Waals surface area contributed by atoms with Crippen molar-refractivity contribution in [1.29, 1.82) is 0 Å². The molecule has 0 spiro atoms. The number of nitrogens with one attached hydrogen (secondary N) is 2. The maximum absolute atomic E-state index is 13.9. The second-order valence-corrected chi connectivity index (χ2v) is 10.9. The lowest BCUT2D eigenvalue weighted by atomic mass is 9.98. The van der Waals surface area contributed by atoms with Gasteiger partial charge in [-0.2, -0.15) is 11.8 Å². The fraction of sp³-hybridized carbons (Fsp3) is 0.640. The molecule has 34 heavy (non-hydrogen) atoms. The molecule has 0 saturated carbocycles. The normalized spacial score (nSPS) is 13.4. The molecule has 192 valence electrons. The Bertz CT molecular complexity index is 851. The lowest BCUT2D eigenvalue weighted by molar-refractivity contribution is -0.144. The molecular weight excluding hydrogens is 454 g/mol. The lowest BCUT2D eigenvalue weighted by Crippen LogP contribution is -2.55. The van der Waals surface area contributed by atoms with Gasteiger partial charge in [0.05, 0.1) is 0 Å². The quantitative estimate of drug-likeness (QED) is 0.450. The summed E-state index contributed by atoms with van der Waals surface area (Å²) < 4.78 is 5.38. The van der Waals surface area contributed by atoms with Crippen molar-refractivity contribution in [3.8, 4) is 5.75 Å². The Hall–Kier alpha value is -2.42. The Morgan fingerprint density at radius 2 is 1.74 bits per heavy atom. The summed E-state index contributed by atoms with van der Waals surface area (Å²) in [7, 11) is 0. The Balaban J connectivity index is 3.46. The molecule has 0 aliphatic carbocycles. The van der Waals surface area contributed by atoms with Crippen LogP contribution in [0.2, 0.25) is 0 Å². The van der Waals surface area contributed by atoms with Gasteiger partial charge in [0.25, 0.3) is 0 Å². The van der Waals surface area contributed by atoms with Crippen molar-refractivity contribution in [2.75, 3.05) is 12.0 Å². The molecule has 2 unspecified atom stereocenters. The monoisotopic (exact) mass is 495 g/mol. The highest BCUT2D eigenvalue weighted by Gasteiger charge is 2.38. The number of benzene rings is 1. The van der Waals surface area contributed by atoms with E-state index in [1.54, 1.807) is 51.6 Å². The van der Waals surface area contributed by atoms with Gasteiger partial charge in [-0.15, -0.1) is 0 Å². The minimum atomic E-state index is -0.939. The van der Waals surface area contributed by atoms with Crippen LogP contribution >= 0.6 is 11.8 Å². The van der Waals surface area contributed by atoms with Crippen LogP contribution in [0.25, 0.3) is 0 Å². The summed E-state index contributed by atoms with van der Waals surface area (Å²) in [4.78, 5) is 41.2. The van der Waals surface area contributed by atoms with Gasteiger partial charge in [0.2, 0.25) is 11.8 Å². The molecule has 0 bridgehead atoms. The van der Waals surface area contributed by atoms with Crippen LogP contribution in [0.5, 0.6) is 5.75 Å². The first-order valence-electron chi connectivity index (χ1n) is 11.6. The molecule has 0 heterocycles. The topological polar surface area (TPSA) is 108 Å². The van der Waals surface area contributed by atoms with Crippen LogP contribution in [0, 0.1) is 6.92 Å². The highest BCUT2D eigenvalue weighted by atomic mass is 32.2. The number of alkyl carbamates (subject to hydrolysis) is 1. The van der Waals surface area contributed by atoms with E-state index in [0.29, 0.717) is 23.3 Å². The second-order valence-electron chi connectivity index (χ2n) is 9.93. The van der Waals surface area contributed by atoms with Crippen molar-refractivity contribution in [2.24, 2.45) is 0 Å². The molecule has 1 aromatic carbocycles. The standard InChI is InChI=1S/C25H41N3O5S/c1-15(2)26-22(30)21(18-10-11-20(29)17(5)14-18)28(16(3)4)23(31)19(12-13-34-9)27-24(32)33-25(6,7)8/h10-11,14-16,19,21,29H,12-13H2,1-9H3,(H,26,30)(H,27,32). The lowest BCUT2D eigenvalue weighted by Gasteiger charge is -2.37. The summed E-state index contributed by atoms with van der Waals surface area (Å²) >= 11 is 1.56. The largest absolute Gasteiger partial charge is 0.508 e. The predicted octanol–water partition coefficient (Wildman–Crippen LogP) is 4.15. The zero-order valence-electron chi connectivity index (χ0n) is 21.9. The first-order chi connectivity index (χ1) is 15.7. The van der Waals surface area contributed by atoms with E-state index in [2.05, 4.69) is 10.6 Å². The summed E-state index contributed by atoms with van der Waals surface area (Å²) in [5, 5.41) is 15.6. The zero-order chi connectivity index (χ0) is 26.2. The minimum Gasteiger partial charge on any atom is -0.508 e. The predicted molar refractivity (Wildman–Crippen MR) is 137 cm³/mol. The third-order valence-electron chi connectivity index (χ3n) is 4.90. The highest BCUT2D eigenvalue weighted by molar-refractivity contribution is 7.98. The molecule has 2 atom stereocenters. The third kappa shape index (κ3) is 9.08. The number of ether oxygens (including phenoxy) is 1. The summed E-state index contributed by atoms with van der Waals surface area (Å²) in [5.74, 6) is 0.0467. The number of amides is 3. The number of phenolic OH excluding ortho intramolecular Hbond substituents is 1. The van der Waals surface area contributed by atoms with Crippen molar-refractivity contribution in [1.82, 2.24) is 15.5 Å². The number of thioether (sulfide) groups is 1. The fourth-order valence-corrected chi connectivity index (χ4v) is 3.92. The molecule has 0 aromatic heterocycles. The van der Waals surface area contributed by atoms with Crippen LogP contribution in [-0.4, -0.2) is 63.6 Å². The van der Waals surface area contributed by atoms with Crippen molar-refractivity contribution in [3.05, 3.63) is 29.3 Å². The van der Waals surface area contributed by atoms with Gasteiger partial charge in [-0.3, -0.25) is 9.59 Å². The van der Waals surface area contributed by atoms with E-state index < -0.39 is 23.8 Å². The Labute approximate surface area is 208 Å². The highest BCUT2D eigenvalue weighted by Crippen LogP contribution is 2.29. The number of carbonyl (C=O) groups is 3. The smallest absolute Gasteiger partial charge is 0.408 e. The molecule has 3 amide bonds. The van der Waals surface area contributed by atoms with E-state index in [-0.39, 0.29) is 29.6 Å². The van der Waals surface area contributed by atoms with Crippen molar-refractivity contribution >= 4 is 29.7 Å². The summed E-state index contributed by atoms with van der Waals surface area (Å²) in [6.45, 7) is 14.4. The number of phenols is 1. The van der Waals surface area contributed by atoms with Gasteiger partial charge in [-0.05, 0) is 97.1 Å². The van der Waals surface area contributed by atoms with E-state index in [9.17, 15) is 19.5 Å². The summed E-state index contributed by atoms with van der Waals surface area (Å²) in [6.07, 6.45) is 1.63. The third-order valence-corrected chi connectivity index (χ3v) is 5.55. The minimum absolute atomic E-state index is 0.110. The van der Waals surface area contributed by atoms with Crippen molar-refractivity contribution in [3.63, 3.8) is 0 Å². The molecule has 0 radical (unpaired) electrons. The maximum atomic E-state index is 13.9. The van der Waals surface area contributed by atoms with Crippen LogP contribution < -0.4 is 10.6 Å². The van der Waals surface area contributed by atoms with Crippen LogP contribution in [0.4, 0.5) is 4.79 Å². The van der Waals surface area contributed by atoms with Crippen LogP contribution in [0.1, 0.15) is 72.1 Å². The number of carbonyl (C=O) groups excluding carboxylic acids is 3. The van der Waals surface area contributed by atoms with E-state index in [4.69, 9.17) is 4.74 Å². The maximum Gasteiger partial charge on any atom is 0.408 e.